The minimum absolute atomic E-state index is 0.0241. The van der Waals surface area contributed by atoms with Gasteiger partial charge in [0.1, 0.15) is 41.4 Å². The number of nitriles is 1. The Balaban J connectivity index is 1.55. The van der Waals surface area contributed by atoms with E-state index in [1.54, 1.807) is 30.3 Å². The third-order valence-corrected chi connectivity index (χ3v) is 4.74. The normalized spacial score (nSPS) is 10.8. The SMILES string of the molecule is N#Cc1c(-c2ccccc2)nc(NN=Cc2ccc(F)cc2OCc2cc(F)cc(F)c2)[nH]c1=O. The topological polar surface area (TPSA) is 103 Å². The van der Waals surface area contributed by atoms with Gasteiger partial charge in [-0.2, -0.15) is 10.4 Å². The molecule has 0 fully saturated rings. The van der Waals surface area contributed by atoms with Crippen LogP contribution in [0.4, 0.5) is 19.1 Å². The molecule has 0 radical (unpaired) electrons. The first-order chi connectivity index (χ1) is 16.9. The first-order valence-electron chi connectivity index (χ1n) is 10.2. The standard InChI is InChI=1S/C25H16F3N5O2/c26-18-7-6-17(22(11-18)35-14-15-8-19(27)10-20(28)9-15)13-30-33-25-31-23(16-4-2-1-3-5-16)21(12-29)24(34)32-25/h1-11,13H,14H2,(H2,31,32,33,34). The van der Waals surface area contributed by atoms with Gasteiger partial charge in [-0.3, -0.25) is 9.78 Å². The molecule has 0 atom stereocenters. The number of aromatic amines is 1. The third-order valence-electron chi connectivity index (χ3n) is 4.74. The molecule has 0 saturated carbocycles. The molecule has 0 aliphatic carbocycles. The lowest BCUT2D eigenvalue weighted by molar-refractivity contribution is 0.302. The van der Waals surface area contributed by atoms with Crippen molar-refractivity contribution in [3.63, 3.8) is 0 Å². The number of rotatable bonds is 7. The average molecular weight is 475 g/mol. The van der Waals surface area contributed by atoms with Crippen molar-refractivity contribution in [2.45, 2.75) is 6.61 Å². The third kappa shape index (κ3) is 5.72. The van der Waals surface area contributed by atoms with E-state index >= 15 is 0 Å². The smallest absolute Gasteiger partial charge is 0.270 e. The molecule has 10 heteroatoms. The molecule has 7 nitrogen and oxygen atoms in total. The second-order valence-corrected chi connectivity index (χ2v) is 7.23. The molecule has 1 heterocycles. The van der Waals surface area contributed by atoms with Gasteiger partial charge in [0, 0.05) is 23.3 Å². The fraction of sp³-hybridized carbons (Fsp3) is 0.0400. The summed E-state index contributed by atoms with van der Waals surface area (Å²) in [7, 11) is 0. The Bertz CT molecular complexity index is 1480. The van der Waals surface area contributed by atoms with Gasteiger partial charge < -0.3 is 4.74 Å². The highest BCUT2D eigenvalue weighted by atomic mass is 19.1. The number of nitrogens with one attached hydrogen (secondary N) is 2. The number of H-pyrrole nitrogens is 1. The lowest BCUT2D eigenvalue weighted by Gasteiger charge is -2.10. The summed E-state index contributed by atoms with van der Waals surface area (Å²) in [6.45, 7) is -0.211. The van der Waals surface area contributed by atoms with Crippen molar-refractivity contribution >= 4 is 12.2 Å². The van der Waals surface area contributed by atoms with Crippen LogP contribution in [0.2, 0.25) is 0 Å². The van der Waals surface area contributed by atoms with Crippen LogP contribution in [0, 0.1) is 28.8 Å². The number of hydrogen-bond acceptors (Lipinski definition) is 6. The van der Waals surface area contributed by atoms with Crippen molar-refractivity contribution in [2.24, 2.45) is 5.10 Å². The van der Waals surface area contributed by atoms with E-state index in [2.05, 4.69) is 20.5 Å². The second kappa shape index (κ2) is 10.4. The lowest BCUT2D eigenvalue weighted by atomic mass is 10.1. The van der Waals surface area contributed by atoms with Gasteiger partial charge in [0.15, 0.2) is 0 Å². The first-order valence-corrected chi connectivity index (χ1v) is 10.2. The zero-order valence-corrected chi connectivity index (χ0v) is 17.9. The molecule has 3 aromatic carbocycles. The molecule has 0 unspecified atom stereocenters. The summed E-state index contributed by atoms with van der Waals surface area (Å²) >= 11 is 0. The fourth-order valence-electron chi connectivity index (χ4n) is 3.19. The molecule has 0 amide bonds. The molecule has 0 aliphatic rings. The van der Waals surface area contributed by atoms with Crippen molar-refractivity contribution in [2.75, 3.05) is 5.43 Å². The summed E-state index contributed by atoms with van der Waals surface area (Å²) in [6, 6.07) is 17.2. The first kappa shape index (κ1) is 23.3. The number of nitrogens with zero attached hydrogens (tertiary/aromatic N) is 3. The van der Waals surface area contributed by atoms with E-state index in [1.807, 2.05) is 6.07 Å². The number of aromatic nitrogens is 2. The highest BCUT2D eigenvalue weighted by Gasteiger charge is 2.13. The van der Waals surface area contributed by atoms with Crippen LogP contribution in [-0.4, -0.2) is 16.2 Å². The van der Waals surface area contributed by atoms with E-state index in [0.717, 1.165) is 24.3 Å². The Morgan fingerprint density at radius 1 is 1.03 bits per heavy atom. The van der Waals surface area contributed by atoms with Crippen molar-refractivity contribution in [3.05, 3.63) is 111 Å². The van der Waals surface area contributed by atoms with Crippen molar-refractivity contribution in [1.29, 1.82) is 5.26 Å². The quantitative estimate of drug-likeness (QED) is 0.297. The van der Waals surface area contributed by atoms with E-state index < -0.39 is 23.0 Å². The van der Waals surface area contributed by atoms with Crippen LogP contribution >= 0.6 is 0 Å². The predicted octanol–water partition coefficient (Wildman–Crippen LogP) is 4.75. The monoisotopic (exact) mass is 475 g/mol. The predicted molar refractivity (Wildman–Crippen MR) is 123 cm³/mol. The zero-order chi connectivity index (χ0) is 24.8. The molecular weight excluding hydrogens is 459 g/mol. The molecule has 0 bridgehead atoms. The van der Waals surface area contributed by atoms with E-state index in [9.17, 15) is 23.2 Å². The molecule has 4 aromatic rings. The van der Waals surface area contributed by atoms with Crippen LogP contribution < -0.4 is 15.7 Å². The molecule has 0 saturated heterocycles. The number of halogens is 3. The number of anilines is 1. The molecule has 4 rings (SSSR count). The van der Waals surface area contributed by atoms with Gasteiger partial charge in [-0.15, -0.1) is 0 Å². The van der Waals surface area contributed by atoms with Crippen molar-refractivity contribution < 1.29 is 17.9 Å². The van der Waals surface area contributed by atoms with E-state index in [-0.39, 0.29) is 35.1 Å². The highest BCUT2D eigenvalue weighted by molar-refractivity contribution is 5.84. The average Bonchev–Trinajstić information content (AvgIpc) is 2.83. The van der Waals surface area contributed by atoms with E-state index in [4.69, 9.17) is 4.74 Å². The number of hydrazone groups is 1. The van der Waals surface area contributed by atoms with Gasteiger partial charge in [-0.25, -0.2) is 23.6 Å². The maximum Gasteiger partial charge on any atom is 0.270 e. The molecule has 1 aromatic heterocycles. The highest BCUT2D eigenvalue weighted by Crippen LogP contribution is 2.21. The maximum absolute atomic E-state index is 13.8. The Morgan fingerprint density at radius 2 is 1.77 bits per heavy atom. The molecule has 0 aliphatic heterocycles. The van der Waals surface area contributed by atoms with Gasteiger partial charge in [-0.05, 0) is 29.8 Å². The number of hydrogen-bond donors (Lipinski definition) is 2. The van der Waals surface area contributed by atoms with Crippen molar-refractivity contribution in [1.82, 2.24) is 9.97 Å². The fourth-order valence-corrected chi connectivity index (χ4v) is 3.19. The van der Waals surface area contributed by atoms with Crippen LogP contribution in [0.15, 0.2) is 76.6 Å². The lowest BCUT2D eigenvalue weighted by Crippen LogP contribution is -2.16. The van der Waals surface area contributed by atoms with E-state index in [0.29, 0.717) is 11.1 Å². The molecular formula is C25H16F3N5O2. The Kier molecular flexibility index (Phi) is 6.88. The maximum atomic E-state index is 13.8. The molecule has 35 heavy (non-hydrogen) atoms. The van der Waals surface area contributed by atoms with Gasteiger partial charge in [0.05, 0.1) is 11.9 Å². The minimum atomic E-state index is -0.757. The molecule has 2 N–H and O–H groups in total. The summed E-state index contributed by atoms with van der Waals surface area (Å²) in [5.41, 5.74) is 3.10. The summed E-state index contributed by atoms with van der Waals surface area (Å²) in [5, 5.41) is 13.4. The summed E-state index contributed by atoms with van der Waals surface area (Å²) in [5.74, 6) is -2.04. The second-order valence-electron chi connectivity index (χ2n) is 7.23. The molecule has 174 valence electrons. The van der Waals surface area contributed by atoms with Gasteiger partial charge in [0.2, 0.25) is 5.95 Å². The van der Waals surface area contributed by atoms with Gasteiger partial charge in [-0.1, -0.05) is 30.3 Å². The largest absolute Gasteiger partial charge is 0.488 e. The number of benzene rings is 3. The van der Waals surface area contributed by atoms with Crippen molar-refractivity contribution in [3.8, 4) is 23.1 Å². The minimum Gasteiger partial charge on any atom is -0.488 e. The Labute approximate surface area is 197 Å². The summed E-state index contributed by atoms with van der Waals surface area (Å²) in [4.78, 5) is 19.0. The Hall–Kier alpha value is -4.91. The van der Waals surface area contributed by atoms with Crippen LogP contribution in [0.5, 0.6) is 5.75 Å². The Morgan fingerprint density at radius 3 is 2.49 bits per heavy atom. The van der Waals surface area contributed by atoms with Crippen LogP contribution in [0.3, 0.4) is 0 Å². The summed E-state index contributed by atoms with van der Waals surface area (Å²) < 4.78 is 46.1. The zero-order valence-electron chi connectivity index (χ0n) is 17.9. The van der Waals surface area contributed by atoms with E-state index in [1.165, 1.54) is 18.3 Å². The number of ether oxygens (including phenoxy) is 1. The van der Waals surface area contributed by atoms with Gasteiger partial charge >= 0.3 is 0 Å². The summed E-state index contributed by atoms with van der Waals surface area (Å²) in [6.07, 6.45) is 1.29. The van der Waals surface area contributed by atoms with Crippen LogP contribution in [-0.2, 0) is 6.61 Å². The molecule has 0 spiro atoms. The van der Waals surface area contributed by atoms with Crippen LogP contribution in [0.25, 0.3) is 11.3 Å². The van der Waals surface area contributed by atoms with Gasteiger partial charge in [0.25, 0.3) is 5.56 Å². The van der Waals surface area contributed by atoms with Crippen LogP contribution in [0.1, 0.15) is 16.7 Å².